The van der Waals surface area contributed by atoms with Crippen molar-refractivity contribution < 1.29 is 23.0 Å². The molecular formula is C18H19F2NO3. The molecule has 0 aliphatic rings. The van der Waals surface area contributed by atoms with E-state index in [2.05, 4.69) is 0 Å². The average Bonchev–Trinajstić information content (AvgIpc) is 2.57. The van der Waals surface area contributed by atoms with E-state index in [0.29, 0.717) is 11.5 Å². The smallest absolute Gasteiger partial charge is 0.227 e. The van der Waals surface area contributed by atoms with E-state index in [9.17, 15) is 13.6 Å². The molecule has 1 amide bonds. The maximum absolute atomic E-state index is 13.7. The lowest BCUT2D eigenvalue weighted by molar-refractivity contribution is -0.129. The van der Waals surface area contributed by atoms with Gasteiger partial charge in [0.05, 0.1) is 20.6 Å². The van der Waals surface area contributed by atoms with Crippen LogP contribution < -0.4 is 9.47 Å². The summed E-state index contributed by atoms with van der Waals surface area (Å²) in [4.78, 5) is 13.7. The largest absolute Gasteiger partial charge is 0.493 e. The Kier molecular flexibility index (Phi) is 5.73. The fourth-order valence-electron chi connectivity index (χ4n) is 2.29. The molecule has 6 heteroatoms. The van der Waals surface area contributed by atoms with Gasteiger partial charge in [0.15, 0.2) is 11.5 Å². The Morgan fingerprint density at radius 3 is 2.38 bits per heavy atom. The number of hydrogen-bond acceptors (Lipinski definition) is 3. The fourth-order valence-corrected chi connectivity index (χ4v) is 2.29. The van der Waals surface area contributed by atoms with Gasteiger partial charge in [-0.15, -0.1) is 0 Å². The van der Waals surface area contributed by atoms with Gasteiger partial charge in [-0.05, 0) is 23.8 Å². The lowest BCUT2D eigenvalue weighted by Crippen LogP contribution is -2.28. The molecule has 24 heavy (non-hydrogen) atoms. The van der Waals surface area contributed by atoms with Crippen LogP contribution >= 0.6 is 0 Å². The monoisotopic (exact) mass is 335 g/mol. The lowest BCUT2D eigenvalue weighted by atomic mass is 10.1. The van der Waals surface area contributed by atoms with Crippen LogP contribution in [0.25, 0.3) is 0 Å². The molecule has 128 valence electrons. The average molecular weight is 335 g/mol. The normalized spacial score (nSPS) is 10.4. The number of carbonyl (C=O) groups excluding carboxylic acids is 1. The molecule has 0 bridgehead atoms. The molecule has 0 saturated carbocycles. The number of hydrogen-bond donors (Lipinski definition) is 0. The van der Waals surface area contributed by atoms with Crippen molar-refractivity contribution in [3.63, 3.8) is 0 Å². The van der Waals surface area contributed by atoms with Crippen LogP contribution in [-0.2, 0) is 17.8 Å². The van der Waals surface area contributed by atoms with Crippen molar-refractivity contribution in [2.45, 2.75) is 13.0 Å². The van der Waals surface area contributed by atoms with Gasteiger partial charge in [-0.1, -0.05) is 12.1 Å². The third kappa shape index (κ3) is 4.22. The van der Waals surface area contributed by atoms with Crippen LogP contribution in [0.3, 0.4) is 0 Å². The first kappa shape index (κ1) is 17.7. The number of amides is 1. The van der Waals surface area contributed by atoms with Crippen LogP contribution in [0.1, 0.15) is 11.1 Å². The van der Waals surface area contributed by atoms with E-state index in [4.69, 9.17) is 9.47 Å². The molecule has 0 N–H and O–H groups in total. The highest BCUT2D eigenvalue weighted by Crippen LogP contribution is 2.27. The summed E-state index contributed by atoms with van der Waals surface area (Å²) < 4.78 is 37.0. The minimum atomic E-state index is -0.666. The number of likely N-dealkylation sites (N-methyl/N-ethyl adjacent to an activating group) is 1. The summed E-state index contributed by atoms with van der Waals surface area (Å²) in [7, 11) is 4.63. The van der Waals surface area contributed by atoms with Crippen molar-refractivity contribution in [2.24, 2.45) is 0 Å². The summed E-state index contributed by atoms with van der Waals surface area (Å²) in [5, 5.41) is 0. The Labute approximate surface area is 139 Å². The Hall–Kier alpha value is -2.63. The first-order valence-electron chi connectivity index (χ1n) is 7.33. The number of ether oxygens (including phenoxy) is 2. The Balaban J connectivity index is 2.06. The summed E-state index contributed by atoms with van der Waals surface area (Å²) in [6.45, 7) is 0.0677. The zero-order valence-corrected chi connectivity index (χ0v) is 13.8. The Morgan fingerprint density at radius 2 is 1.75 bits per heavy atom. The van der Waals surface area contributed by atoms with Gasteiger partial charge in [0.2, 0.25) is 5.91 Å². The van der Waals surface area contributed by atoms with E-state index < -0.39 is 11.6 Å². The molecule has 0 saturated heterocycles. The molecule has 4 nitrogen and oxygen atoms in total. The second kappa shape index (κ2) is 7.77. The highest BCUT2D eigenvalue weighted by Gasteiger charge is 2.14. The molecule has 0 aliphatic heterocycles. The van der Waals surface area contributed by atoms with E-state index in [-0.39, 0.29) is 24.4 Å². The second-order valence-electron chi connectivity index (χ2n) is 5.35. The molecule has 0 aliphatic carbocycles. The first-order chi connectivity index (χ1) is 11.4. The number of benzene rings is 2. The van der Waals surface area contributed by atoms with Gasteiger partial charge in [-0.2, -0.15) is 0 Å². The lowest BCUT2D eigenvalue weighted by Gasteiger charge is -2.18. The van der Waals surface area contributed by atoms with Crippen molar-refractivity contribution >= 4 is 5.91 Å². The van der Waals surface area contributed by atoms with Crippen molar-refractivity contribution in [1.82, 2.24) is 4.90 Å². The zero-order chi connectivity index (χ0) is 17.7. The molecule has 0 unspecified atom stereocenters. The third-order valence-corrected chi connectivity index (χ3v) is 3.65. The molecule has 0 spiro atoms. The van der Waals surface area contributed by atoms with E-state index in [1.54, 1.807) is 25.2 Å². The van der Waals surface area contributed by atoms with Crippen LogP contribution in [-0.4, -0.2) is 32.1 Å². The molecule has 0 radical (unpaired) electrons. The topological polar surface area (TPSA) is 38.8 Å². The minimum absolute atomic E-state index is 0.0677. The van der Waals surface area contributed by atoms with Gasteiger partial charge in [0.1, 0.15) is 11.6 Å². The Bertz CT molecular complexity index is 734. The highest BCUT2D eigenvalue weighted by molar-refractivity contribution is 5.78. The standard InChI is InChI=1S/C18H19F2NO3/c1-21(11-13-5-6-14(19)10-15(13)20)18(22)9-12-4-7-16(23-2)17(8-12)24-3/h4-8,10H,9,11H2,1-3H3. The molecular weight excluding hydrogens is 316 g/mol. The predicted molar refractivity (Wildman–Crippen MR) is 86.1 cm³/mol. The summed E-state index contributed by atoms with van der Waals surface area (Å²) in [5.41, 5.74) is 1.02. The molecule has 2 aromatic rings. The molecule has 0 fully saturated rings. The number of nitrogens with zero attached hydrogens (tertiary/aromatic N) is 1. The van der Waals surface area contributed by atoms with E-state index in [1.165, 1.54) is 31.3 Å². The third-order valence-electron chi connectivity index (χ3n) is 3.65. The highest BCUT2D eigenvalue weighted by atomic mass is 19.1. The molecule has 0 atom stereocenters. The van der Waals surface area contributed by atoms with Gasteiger partial charge in [-0.25, -0.2) is 8.78 Å². The van der Waals surface area contributed by atoms with Crippen LogP contribution in [0.2, 0.25) is 0 Å². The fraction of sp³-hybridized carbons (Fsp3) is 0.278. The van der Waals surface area contributed by atoms with Gasteiger partial charge in [0, 0.05) is 25.2 Å². The van der Waals surface area contributed by atoms with Crippen LogP contribution in [0.4, 0.5) is 8.78 Å². The van der Waals surface area contributed by atoms with Gasteiger partial charge >= 0.3 is 0 Å². The van der Waals surface area contributed by atoms with Gasteiger partial charge < -0.3 is 14.4 Å². The first-order valence-corrected chi connectivity index (χ1v) is 7.33. The van der Waals surface area contributed by atoms with Crippen molar-refractivity contribution in [3.8, 4) is 11.5 Å². The molecule has 2 rings (SSSR count). The van der Waals surface area contributed by atoms with Crippen molar-refractivity contribution in [2.75, 3.05) is 21.3 Å². The minimum Gasteiger partial charge on any atom is -0.493 e. The van der Waals surface area contributed by atoms with Crippen LogP contribution in [0, 0.1) is 11.6 Å². The summed E-state index contributed by atoms with van der Waals surface area (Å²) in [6.07, 6.45) is 0.139. The number of halogens is 2. The second-order valence-corrected chi connectivity index (χ2v) is 5.35. The SMILES string of the molecule is COc1ccc(CC(=O)N(C)Cc2ccc(F)cc2F)cc1OC. The maximum atomic E-state index is 13.7. The van der Waals surface area contributed by atoms with E-state index in [0.717, 1.165) is 11.6 Å². The predicted octanol–water partition coefficient (Wildman–Crippen LogP) is 3.18. The van der Waals surface area contributed by atoms with Crippen molar-refractivity contribution in [3.05, 3.63) is 59.2 Å². The quantitative estimate of drug-likeness (QED) is 0.814. The summed E-state index contributed by atoms with van der Waals surface area (Å²) >= 11 is 0. The van der Waals surface area contributed by atoms with Crippen LogP contribution in [0.5, 0.6) is 11.5 Å². The number of carbonyl (C=O) groups is 1. The van der Waals surface area contributed by atoms with E-state index in [1.807, 2.05) is 0 Å². The van der Waals surface area contributed by atoms with E-state index >= 15 is 0 Å². The number of rotatable bonds is 6. The molecule has 0 aromatic heterocycles. The maximum Gasteiger partial charge on any atom is 0.227 e. The molecule has 0 heterocycles. The van der Waals surface area contributed by atoms with Gasteiger partial charge in [0.25, 0.3) is 0 Å². The zero-order valence-electron chi connectivity index (χ0n) is 13.8. The molecule has 2 aromatic carbocycles. The number of methoxy groups -OCH3 is 2. The van der Waals surface area contributed by atoms with Crippen LogP contribution in [0.15, 0.2) is 36.4 Å². The van der Waals surface area contributed by atoms with Gasteiger partial charge in [-0.3, -0.25) is 4.79 Å². The summed E-state index contributed by atoms with van der Waals surface area (Å²) in [5.74, 6) is -0.382. The summed E-state index contributed by atoms with van der Waals surface area (Å²) in [6, 6.07) is 8.54. The van der Waals surface area contributed by atoms with Crippen molar-refractivity contribution in [1.29, 1.82) is 0 Å². The Morgan fingerprint density at radius 1 is 1.04 bits per heavy atom.